The lowest BCUT2D eigenvalue weighted by Gasteiger charge is -2.12. The number of nitrogens with zero attached hydrogens (tertiary/aromatic N) is 2. The number of para-hydroxylation sites is 1. The Morgan fingerprint density at radius 1 is 1.10 bits per heavy atom. The van der Waals surface area contributed by atoms with E-state index < -0.39 is 0 Å². The van der Waals surface area contributed by atoms with Crippen molar-refractivity contribution in [2.75, 3.05) is 11.9 Å². The fraction of sp³-hybridized carbons (Fsp3) is 0.412. The van der Waals surface area contributed by atoms with Gasteiger partial charge in [0.15, 0.2) is 5.82 Å². The summed E-state index contributed by atoms with van der Waals surface area (Å²) in [6.45, 7) is 9.50. The number of aromatic nitrogens is 2. The molecular weight excluding hydrogens is 262 g/mol. The first-order chi connectivity index (χ1) is 10.1. The number of benzene rings is 1. The van der Waals surface area contributed by atoms with Crippen molar-refractivity contribution in [2.24, 2.45) is 0 Å². The SMILES string of the molecule is CCCNc1cc(C)nc(COc2c(C)cccc2C)n1. The third-order valence-electron chi connectivity index (χ3n) is 3.21. The van der Waals surface area contributed by atoms with Crippen molar-refractivity contribution in [1.29, 1.82) is 0 Å². The topological polar surface area (TPSA) is 47.0 Å². The van der Waals surface area contributed by atoms with Gasteiger partial charge in [-0.2, -0.15) is 0 Å². The first kappa shape index (κ1) is 15.3. The van der Waals surface area contributed by atoms with E-state index >= 15 is 0 Å². The fourth-order valence-electron chi connectivity index (χ4n) is 2.20. The van der Waals surface area contributed by atoms with Crippen LogP contribution >= 0.6 is 0 Å². The van der Waals surface area contributed by atoms with Gasteiger partial charge in [0.05, 0.1) is 0 Å². The predicted molar refractivity (Wildman–Crippen MR) is 85.8 cm³/mol. The van der Waals surface area contributed by atoms with Gasteiger partial charge in [-0.25, -0.2) is 9.97 Å². The summed E-state index contributed by atoms with van der Waals surface area (Å²) in [7, 11) is 0. The van der Waals surface area contributed by atoms with Crippen molar-refractivity contribution in [1.82, 2.24) is 9.97 Å². The van der Waals surface area contributed by atoms with Crippen molar-refractivity contribution in [2.45, 2.75) is 40.7 Å². The minimum absolute atomic E-state index is 0.383. The molecule has 112 valence electrons. The maximum absolute atomic E-state index is 5.92. The van der Waals surface area contributed by atoms with E-state index in [0.29, 0.717) is 12.4 Å². The van der Waals surface area contributed by atoms with Gasteiger partial charge in [0.1, 0.15) is 18.2 Å². The van der Waals surface area contributed by atoms with Crippen LogP contribution in [-0.4, -0.2) is 16.5 Å². The van der Waals surface area contributed by atoms with E-state index in [1.807, 2.05) is 45.0 Å². The lowest BCUT2D eigenvalue weighted by molar-refractivity contribution is 0.291. The Morgan fingerprint density at radius 3 is 2.48 bits per heavy atom. The third kappa shape index (κ3) is 4.18. The molecule has 0 saturated carbocycles. The van der Waals surface area contributed by atoms with Crippen molar-refractivity contribution < 1.29 is 4.74 Å². The highest BCUT2D eigenvalue weighted by Gasteiger charge is 2.06. The van der Waals surface area contributed by atoms with Crippen LogP contribution in [-0.2, 0) is 6.61 Å². The first-order valence-corrected chi connectivity index (χ1v) is 7.37. The van der Waals surface area contributed by atoms with E-state index in [2.05, 4.69) is 22.2 Å². The van der Waals surface area contributed by atoms with E-state index in [-0.39, 0.29) is 0 Å². The Hall–Kier alpha value is -2.10. The molecule has 0 bridgehead atoms. The minimum atomic E-state index is 0.383. The Kier molecular flexibility index (Phi) is 5.14. The highest BCUT2D eigenvalue weighted by atomic mass is 16.5. The van der Waals surface area contributed by atoms with Crippen LogP contribution in [0.3, 0.4) is 0 Å². The third-order valence-corrected chi connectivity index (χ3v) is 3.21. The van der Waals surface area contributed by atoms with Crippen LogP contribution in [0.25, 0.3) is 0 Å². The summed E-state index contributed by atoms with van der Waals surface area (Å²) in [6, 6.07) is 8.09. The highest BCUT2D eigenvalue weighted by Crippen LogP contribution is 2.23. The number of nitrogens with one attached hydrogen (secondary N) is 1. The lowest BCUT2D eigenvalue weighted by Crippen LogP contribution is -2.08. The summed E-state index contributed by atoms with van der Waals surface area (Å²) in [6.07, 6.45) is 1.07. The monoisotopic (exact) mass is 285 g/mol. The molecule has 0 aliphatic rings. The van der Waals surface area contributed by atoms with Crippen molar-refractivity contribution in [3.05, 3.63) is 46.9 Å². The number of ether oxygens (including phenoxy) is 1. The average molecular weight is 285 g/mol. The molecule has 1 aromatic heterocycles. The van der Waals surface area contributed by atoms with E-state index in [1.54, 1.807) is 0 Å². The molecule has 0 saturated heterocycles. The fourth-order valence-corrected chi connectivity index (χ4v) is 2.20. The summed E-state index contributed by atoms with van der Waals surface area (Å²) < 4.78 is 5.92. The van der Waals surface area contributed by atoms with E-state index in [1.165, 1.54) is 0 Å². The molecular formula is C17H23N3O. The molecule has 0 radical (unpaired) electrons. The van der Waals surface area contributed by atoms with Gasteiger partial charge in [-0.3, -0.25) is 0 Å². The van der Waals surface area contributed by atoms with Crippen molar-refractivity contribution in [3.63, 3.8) is 0 Å². The highest BCUT2D eigenvalue weighted by molar-refractivity contribution is 5.40. The van der Waals surface area contributed by atoms with Crippen LogP contribution in [0.5, 0.6) is 5.75 Å². The molecule has 0 unspecified atom stereocenters. The van der Waals surface area contributed by atoms with Gasteiger partial charge in [0.2, 0.25) is 0 Å². The lowest BCUT2D eigenvalue weighted by atomic mass is 10.1. The van der Waals surface area contributed by atoms with Crippen molar-refractivity contribution in [3.8, 4) is 5.75 Å². The van der Waals surface area contributed by atoms with E-state index in [4.69, 9.17) is 4.74 Å². The Balaban J connectivity index is 2.11. The largest absolute Gasteiger partial charge is 0.485 e. The van der Waals surface area contributed by atoms with E-state index in [0.717, 1.165) is 41.4 Å². The number of rotatable bonds is 6. The van der Waals surface area contributed by atoms with Crippen LogP contribution in [0.2, 0.25) is 0 Å². The van der Waals surface area contributed by atoms with Gasteiger partial charge >= 0.3 is 0 Å². The first-order valence-electron chi connectivity index (χ1n) is 7.37. The number of hydrogen-bond acceptors (Lipinski definition) is 4. The maximum Gasteiger partial charge on any atom is 0.168 e. The Morgan fingerprint density at radius 2 is 1.81 bits per heavy atom. The molecule has 0 spiro atoms. The van der Waals surface area contributed by atoms with Crippen LogP contribution in [0.1, 0.15) is 36.0 Å². The molecule has 21 heavy (non-hydrogen) atoms. The molecule has 0 aliphatic heterocycles. The summed E-state index contributed by atoms with van der Waals surface area (Å²) in [5.41, 5.74) is 3.21. The van der Waals surface area contributed by atoms with Crippen LogP contribution < -0.4 is 10.1 Å². The zero-order valence-electron chi connectivity index (χ0n) is 13.2. The molecule has 2 aromatic rings. The smallest absolute Gasteiger partial charge is 0.168 e. The van der Waals surface area contributed by atoms with Gasteiger partial charge < -0.3 is 10.1 Å². The Bertz CT molecular complexity index is 591. The summed E-state index contributed by atoms with van der Waals surface area (Å²) in [5, 5.41) is 3.29. The predicted octanol–water partition coefficient (Wildman–Crippen LogP) is 3.80. The zero-order chi connectivity index (χ0) is 15.2. The molecule has 1 heterocycles. The van der Waals surface area contributed by atoms with Gasteiger partial charge in [0, 0.05) is 18.3 Å². The minimum Gasteiger partial charge on any atom is -0.485 e. The second-order valence-electron chi connectivity index (χ2n) is 5.25. The maximum atomic E-state index is 5.92. The molecule has 4 heteroatoms. The summed E-state index contributed by atoms with van der Waals surface area (Å²) in [4.78, 5) is 8.94. The second kappa shape index (κ2) is 7.07. The molecule has 4 nitrogen and oxygen atoms in total. The standard InChI is InChI=1S/C17H23N3O/c1-5-9-18-15-10-14(4)19-16(20-15)11-21-17-12(2)7-6-8-13(17)3/h6-8,10H,5,9,11H2,1-4H3,(H,18,19,20). The number of hydrogen-bond donors (Lipinski definition) is 1. The molecule has 0 aliphatic carbocycles. The molecule has 0 atom stereocenters. The van der Waals surface area contributed by atoms with Gasteiger partial charge in [-0.15, -0.1) is 0 Å². The van der Waals surface area contributed by atoms with Gasteiger partial charge in [-0.1, -0.05) is 25.1 Å². The van der Waals surface area contributed by atoms with Gasteiger partial charge in [-0.05, 0) is 38.3 Å². The van der Waals surface area contributed by atoms with E-state index in [9.17, 15) is 0 Å². The zero-order valence-corrected chi connectivity index (χ0v) is 13.2. The molecule has 0 fully saturated rings. The van der Waals surface area contributed by atoms with Gasteiger partial charge in [0.25, 0.3) is 0 Å². The molecule has 1 N–H and O–H groups in total. The molecule has 2 rings (SSSR count). The van der Waals surface area contributed by atoms with Crippen LogP contribution in [0.15, 0.2) is 24.3 Å². The number of anilines is 1. The normalized spacial score (nSPS) is 10.5. The van der Waals surface area contributed by atoms with Crippen molar-refractivity contribution >= 4 is 5.82 Å². The number of aryl methyl sites for hydroxylation is 3. The van der Waals surface area contributed by atoms with Crippen LogP contribution in [0, 0.1) is 20.8 Å². The molecule has 0 amide bonds. The summed E-state index contributed by atoms with van der Waals surface area (Å²) in [5.74, 6) is 2.49. The Labute approximate surface area is 126 Å². The molecule has 1 aromatic carbocycles. The summed E-state index contributed by atoms with van der Waals surface area (Å²) >= 11 is 0. The second-order valence-corrected chi connectivity index (χ2v) is 5.25. The van der Waals surface area contributed by atoms with Crippen LogP contribution in [0.4, 0.5) is 5.82 Å². The average Bonchev–Trinajstić information content (AvgIpc) is 2.44. The quantitative estimate of drug-likeness (QED) is 0.877.